The summed E-state index contributed by atoms with van der Waals surface area (Å²) >= 11 is 2.08. The van der Waals surface area contributed by atoms with Crippen molar-refractivity contribution < 1.29 is 4.92 Å². The number of hydrogen-bond acceptors (Lipinski definition) is 9. The van der Waals surface area contributed by atoms with Crippen molar-refractivity contribution >= 4 is 40.4 Å². The van der Waals surface area contributed by atoms with Crippen molar-refractivity contribution in [3.8, 4) is 17.8 Å². The highest BCUT2D eigenvalue weighted by atomic mass is 32.2. The van der Waals surface area contributed by atoms with E-state index >= 15 is 0 Å². The zero-order valence-electron chi connectivity index (χ0n) is 17.4. The van der Waals surface area contributed by atoms with Gasteiger partial charge in [0.2, 0.25) is 0 Å². The second-order valence-corrected chi connectivity index (χ2v) is 8.84. The first-order valence-corrected chi connectivity index (χ1v) is 11.2. The first kappa shape index (κ1) is 22.7. The number of nitro benzene ring substituents is 1. The number of thiazole rings is 1. The monoisotopic (exact) mass is 487 g/mol. The van der Waals surface area contributed by atoms with Crippen molar-refractivity contribution in [1.82, 2.24) is 19.3 Å². The zero-order valence-corrected chi connectivity index (χ0v) is 19.1. The molecule has 0 aliphatic heterocycles. The predicted octanol–water partition coefficient (Wildman–Crippen LogP) is 2.11. The van der Waals surface area contributed by atoms with Crippen LogP contribution in [-0.4, -0.2) is 24.3 Å². The number of aryl methyl sites for hydroxylation is 1. The lowest BCUT2D eigenvalue weighted by molar-refractivity contribution is -0.387. The normalized spacial score (nSPS) is 11.1. The fraction of sp³-hybridized carbons (Fsp3) is 0.0455. The van der Waals surface area contributed by atoms with Gasteiger partial charge in [-0.05, 0) is 41.6 Å². The minimum Gasteiger partial charge on any atom is -0.311 e. The van der Waals surface area contributed by atoms with Crippen molar-refractivity contribution in [3.05, 3.63) is 90.1 Å². The van der Waals surface area contributed by atoms with Gasteiger partial charge in [0.15, 0.2) is 10.7 Å². The number of nitro groups is 1. The fourth-order valence-corrected chi connectivity index (χ4v) is 4.95. The quantitative estimate of drug-likeness (QED) is 0.308. The Kier molecular flexibility index (Phi) is 6.36. The van der Waals surface area contributed by atoms with Crippen LogP contribution in [0.25, 0.3) is 17.3 Å². The Balaban J connectivity index is 1.89. The first-order valence-electron chi connectivity index (χ1n) is 9.56. The van der Waals surface area contributed by atoms with Gasteiger partial charge in [-0.25, -0.2) is 0 Å². The third-order valence-electron chi connectivity index (χ3n) is 4.62. The van der Waals surface area contributed by atoms with E-state index in [1.807, 2.05) is 12.1 Å². The number of aromatic nitrogens is 4. The number of nitriles is 2. The van der Waals surface area contributed by atoms with Crippen molar-refractivity contribution in [2.45, 2.75) is 10.1 Å². The molecule has 0 fully saturated rings. The van der Waals surface area contributed by atoms with Crippen LogP contribution in [0.4, 0.5) is 5.69 Å². The Morgan fingerprint density at radius 3 is 2.56 bits per heavy atom. The van der Waals surface area contributed by atoms with E-state index in [9.17, 15) is 25.4 Å². The van der Waals surface area contributed by atoms with Gasteiger partial charge in [-0.15, -0.1) is 21.5 Å². The molecule has 4 rings (SSSR count). The molecule has 4 aromatic rings. The molecule has 12 heteroatoms. The zero-order chi connectivity index (χ0) is 24.2. The Morgan fingerprint density at radius 1 is 1.21 bits per heavy atom. The van der Waals surface area contributed by atoms with Gasteiger partial charge in [-0.3, -0.25) is 19.5 Å². The summed E-state index contributed by atoms with van der Waals surface area (Å²) in [6, 6.07) is 16.9. The van der Waals surface area contributed by atoms with Gasteiger partial charge < -0.3 is 4.57 Å². The number of nitrogens with zero attached hydrogens (tertiary/aromatic N) is 7. The Morgan fingerprint density at radius 2 is 1.94 bits per heavy atom. The highest BCUT2D eigenvalue weighted by molar-refractivity contribution is 7.99. The van der Waals surface area contributed by atoms with Crippen molar-refractivity contribution in [3.63, 3.8) is 0 Å². The number of rotatable bonds is 5. The molecule has 10 nitrogen and oxygen atoms in total. The molecule has 0 saturated heterocycles. The van der Waals surface area contributed by atoms with Crippen LogP contribution in [0.15, 0.2) is 69.7 Å². The molecule has 2 aromatic heterocycles. The van der Waals surface area contributed by atoms with Crippen LogP contribution in [0, 0.1) is 32.8 Å². The van der Waals surface area contributed by atoms with Gasteiger partial charge in [0.1, 0.15) is 23.1 Å². The van der Waals surface area contributed by atoms with Gasteiger partial charge in [0, 0.05) is 13.1 Å². The van der Waals surface area contributed by atoms with Crippen LogP contribution in [-0.2, 0) is 7.05 Å². The van der Waals surface area contributed by atoms with Crippen LogP contribution in [0.3, 0.4) is 0 Å². The van der Waals surface area contributed by atoms with E-state index < -0.39 is 10.5 Å². The summed E-state index contributed by atoms with van der Waals surface area (Å²) in [4.78, 5) is 24.8. The maximum absolute atomic E-state index is 13.2. The molecule has 0 bridgehead atoms. The van der Waals surface area contributed by atoms with Crippen LogP contribution in [0.1, 0.15) is 5.56 Å². The second-order valence-electron chi connectivity index (χ2n) is 6.80. The SMILES string of the molecule is Cn1cnnc1Sc1ccc(C=c2sc(=C(C#N)C#N)n(-c3ccccc3)c2=O)cc1[N+](=O)[O-]. The fourth-order valence-electron chi connectivity index (χ4n) is 3.05. The lowest BCUT2D eigenvalue weighted by Crippen LogP contribution is -2.30. The summed E-state index contributed by atoms with van der Waals surface area (Å²) < 4.78 is 3.36. The van der Waals surface area contributed by atoms with Gasteiger partial charge >= 0.3 is 0 Å². The van der Waals surface area contributed by atoms with E-state index in [0.717, 1.165) is 23.1 Å². The second kappa shape index (κ2) is 9.54. The first-order chi connectivity index (χ1) is 16.4. The standard InChI is InChI=1S/C22H13N7O3S2/c1-27-13-25-26-22(27)34-18-8-7-14(9-17(18)29(31)32)10-19-20(30)28(16-5-3-2-4-6-16)21(33-19)15(11-23)12-24/h2-10,13H,1H3. The molecular formula is C22H13N7O3S2. The van der Waals surface area contributed by atoms with Crippen LogP contribution in [0.2, 0.25) is 0 Å². The van der Waals surface area contributed by atoms with Gasteiger partial charge in [0.05, 0.1) is 20.0 Å². The number of para-hydroxylation sites is 1. The Labute approximate surface area is 200 Å². The van der Waals surface area contributed by atoms with Gasteiger partial charge in [-0.1, -0.05) is 24.3 Å². The average Bonchev–Trinajstić information content (AvgIpc) is 3.38. The topological polar surface area (TPSA) is 143 Å². The third kappa shape index (κ3) is 4.36. The molecule has 34 heavy (non-hydrogen) atoms. The molecule has 0 amide bonds. The van der Waals surface area contributed by atoms with E-state index in [-0.39, 0.29) is 20.5 Å². The average molecular weight is 488 g/mol. The molecule has 0 N–H and O–H groups in total. The Bertz CT molecular complexity index is 1660. The van der Waals surface area contributed by atoms with E-state index in [1.54, 1.807) is 54.1 Å². The molecule has 0 aliphatic carbocycles. The van der Waals surface area contributed by atoms with Crippen LogP contribution >= 0.6 is 23.1 Å². The summed E-state index contributed by atoms with van der Waals surface area (Å²) in [5.41, 5.74) is 0.141. The minimum atomic E-state index is -0.505. The number of hydrogen-bond donors (Lipinski definition) is 0. The smallest absolute Gasteiger partial charge is 0.283 e. The minimum absolute atomic E-state index is 0.150. The number of benzene rings is 2. The molecule has 0 spiro atoms. The Hall–Kier alpha value is -4.52. The lowest BCUT2D eigenvalue weighted by Gasteiger charge is -2.03. The van der Waals surface area contributed by atoms with E-state index in [4.69, 9.17) is 0 Å². The molecule has 0 atom stereocenters. The lowest BCUT2D eigenvalue weighted by atomic mass is 10.2. The molecule has 0 saturated carbocycles. The van der Waals surface area contributed by atoms with Crippen molar-refractivity contribution in [2.24, 2.45) is 7.05 Å². The van der Waals surface area contributed by atoms with Crippen molar-refractivity contribution in [1.29, 1.82) is 10.5 Å². The maximum Gasteiger partial charge on any atom is 0.283 e. The molecule has 166 valence electrons. The predicted molar refractivity (Wildman–Crippen MR) is 126 cm³/mol. The summed E-state index contributed by atoms with van der Waals surface area (Å²) in [5.74, 6) is 0. The van der Waals surface area contributed by atoms with E-state index in [0.29, 0.717) is 21.3 Å². The van der Waals surface area contributed by atoms with Crippen LogP contribution in [0.5, 0.6) is 0 Å². The largest absolute Gasteiger partial charge is 0.311 e. The van der Waals surface area contributed by atoms with Crippen molar-refractivity contribution in [2.75, 3.05) is 0 Å². The maximum atomic E-state index is 13.2. The summed E-state index contributed by atoms with van der Waals surface area (Å²) in [7, 11) is 1.73. The van der Waals surface area contributed by atoms with E-state index in [2.05, 4.69) is 10.2 Å². The molecule has 0 radical (unpaired) electrons. The molecule has 0 aliphatic rings. The molecular weight excluding hydrogens is 474 g/mol. The van der Waals surface area contributed by atoms with Gasteiger partial charge in [0.25, 0.3) is 11.2 Å². The molecule has 0 unspecified atom stereocenters. The highest BCUT2D eigenvalue weighted by Crippen LogP contribution is 2.34. The highest BCUT2D eigenvalue weighted by Gasteiger charge is 2.18. The van der Waals surface area contributed by atoms with Crippen LogP contribution < -0.4 is 14.8 Å². The van der Waals surface area contributed by atoms with Gasteiger partial charge in [-0.2, -0.15) is 10.5 Å². The molecule has 2 aromatic carbocycles. The summed E-state index contributed by atoms with van der Waals surface area (Å²) in [6.07, 6.45) is 3.00. The van der Waals surface area contributed by atoms with E-state index in [1.165, 1.54) is 23.0 Å². The molecule has 2 heterocycles. The summed E-state index contributed by atoms with van der Waals surface area (Å²) in [5, 5.41) is 38.7. The third-order valence-corrected chi connectivity index (χ3v) is 6.83. The summed E-state index contributed by atoms with van der Waals surface area (Å²) in [6.45, 7) is 0.